The van der Waals surface area contributed by atoms with Crippen LogP contribution in [0.5, 0.6) is 5.75 Å². The molecule has 0 heterocycles. The van der Waals surface area contributed by atoms with Gasteiger partial charge in [0.25, 0.3) is 0 Å². The number of halogens is 2. The lowest BCUT2D eigenvalue weighted by atomic mass is 10.3. The van der Waals surface area contributed by atoms with Crippen molar-refractivity contribution in [1.82, 2.24) is 0 Å². The highest BCUT2D eigenvalue weighted by Crippen LogP contribution is 2.29. The summed E-state index contributed by atoms with van der Waals surface area (Å²) in [6.45, 7) is -0.159. The van der Waals surface area contributed by atoms with E-state index in [1.165, 1.54) is 31.4 Å². The summed E-state index contributed by atoms with van der Waals surface area (Å²) in [6.07, 6.45) is 0. The van der Waals surface area contributed by atoms with Gasteiger partial charge in [0.05, 0.1) is 39.8 Å². The molecule has 1 amide bonds. The Kier molecular flexibility index (Phi) is 6.87. The van der Waals surface area contributed by atoms with Crippen molar-refractivity contribution < 1.29 is 17.9 Å². The zero-order chi connectivity index (χ0) is 21.7. The van der Waals surface area contributed by atoms with E-state index in [2.05, 4.69) is 10.6 Å². The summed E-state index contributed by atoms with van der Waals surface area (Å²) in [5.41, 5.74) is 0.720. The number of carbonyl (C=O) groups is 1. The number of hydrogen-bond acceptors (Lipinski definition) is 5. The van der Waals surface area contributed by atoms with Gasteiger partial charge in [-0.1, -0.05) is 35.3 Å². The molecule has 9 heteroatoms. The van der Waals surface area contributed by atoms with Gasteiger partial charge in [0.2, 0.25) is 15.7 Å². The quantitative estimate of drug-likeness (QED) is 0.520. The SMILES string of the molecule is COc1ccc(S(=O)(=O)c2ccccc2NCC(=O)Nc2ccc(Cl)cc2Cl)cc1. The number of nitrogens with one attached hydrogen (secondary N) is 2. The molecule has 0 aliphatic heterocycles. The Hall–Kier alpha value is -2.74. The van der Waals surface area contributed by atoms with Crippen molar-refractivity contribution in [3.8, 4) is 5.75 Å². The van der Waals surface area contributed by atoms with E-state index in [1.807, 2.05) is 0 Å². The number of benzene rings is 3. The van der Waals surface area contributed by atoms with Gasteiger partial charge in [0.1, 0.15) is 5.75 Å². The minimum atomic E-state index is -3.80. The van der Waals surface area contributed by atoms with Crippen molar-refractivity contribution in [3.05, 3.63) is 76.8 Å². The molecule has 156 valence electrons. The van der Waals surface area contributed by atoms with Crippen molar-refractivity contribution in [3.63, 3.8) is 0 Å². The van der Waals surface area contributed by atoms with Gasteiger partial charge in [-0.15, -0.1) is 0 Å². The molecule has 0 aliphatic rings. The summed E-state index contributed by atoms with van der Waals surface area (Å²) < 4.78 is 31.2. The van der Waals surface area contributed by atoms with Gasteiger partial charge in [0, 0.05) is 5.02 Å². The molecule has 0 aliphatic carbocycles. The van der Waals surface area contributed by atoms with Gasteiger partial charge in [0.15, 0.2) is 0 Å². The topological polar surface area (TPSA) is 84.5 Å². The Labute approximate surface area is 184 Å². The lowest BCUT2D eigenvalue weighted by Crippen LogP contribution is -2.22. The summed E-state index contributed by atoms with van der Waals surface area (Å²) in [6, 6.07) is 17.2. The van der Waals surface area contributed by atoms with Crippen LogP contribution in [0.3, 0.4) is 0 Å². The molecule has 30 heavy (non-hydrogen) atoms. The molecule has 3 aromatic rings. The highest BCUT2D eigenvalue weighted by atomic mass is 35.5. The Bertz CT molecular complexity index is 1170. The average molecular weight is 465 g/mol. The predicted molar refractivity (Wildman–Crippen MR) is 118 cm³/mol. The lowest BCUT2D eigenvalue weighted by molar-refractivity contribution is -0.114. The molecule has 0 radical (unpaired) electrons. The molecule has 0 fully saturated rings. The number of carbonyl (C=O) groups excluding carboxylic acids is 1. The third-order valence-electron chi connectivity index (χ3n) is 4.19. The van der Waals surface area contributed by atoms with E-state index >= 15 is 0 Å². The van der Waals surface area contributed by atoms with Crippen LogP contribution in [0.1, 0.15) is 0 Å². The summed E-state index contributed by atoms with van der Waals surface area (Å²) in [7, 11) is -2.29. The maximum Gasteiger partial charge on any atom is 0.243 e. The van der Waals surface area contributed by atoms with Gasteiger partial charge in [-0.25, -0.2) is 8.42 Å². The number of hydrogen-bond donors (Lipinski definition) is 2. The predicted octanol–water partition coefficient (Wildman–Crippen LogP) is 4.89. The second-order valence-corrected chi connectivity index (χ2v) is 8.96. The van der Waals surface area contributed by atoms with Crippen LogP contribution in [0.25, 0.3) is 0 Å². The lowest BCUT2D eigenvalue weighted by Gasteiger charge is -2.13. The van der Waals surface area contributed by atoms with Crippen LogP contribution in [-0.4, -0.2) is 28.0 Å². The summed E-state index contributed by atoms with van der Waals surface area (Å²) in [5.74, 6) is 0.161. The fourth-order valence-electron chi connectivity index (χ4n) is 2.69. The van der Waals surface area contributed by atoms with E-state index in [9.17, 15) is 13.2 Å². The molecule has 2 N–H and O–H groups in total. The fraction of sp³-hybridized carbons (Fsp3) is 0.0952. The number of ether oxygens (including phenoxy) is 1. The highest BCUT2D eigenvalue weighted by Gasteiger charge is 2.21. The van der Waals surface area contributed by atoms with Crippen LogP contribution in [0.4, 0.5) is 11.4 Å². The molecule has 3 rings (SSSR count). The van der Waals surface area contributed by atoms with Crippen molar-refractivity contribution in [2.45, 2.75) is 9.79 Å². The molecule has 0 saturated heterocycles. The number of sulfone groups is 1. The fourth-order valence-corrected chi connectivity index (χ4v) is 4.58. The molecule has 0 bridgehead atoms. The van der Waals surface area contributed by atoms with E-state index in [4.69, 9.17) is 27.9 Å². The molecule has 0 unspecified atom stereocenters. The Balaban J connectivity index is 1.77. The van der Waals surface area contributed by atoms with E-state index in [0.29, 0.717) is 27.2 Å². The first-order chi connectivity index (χ1) is 14.3. The smallest absolute Gasteiger partial charge is 0.243 e. The van der Waals surface area contributed by atoms with Gasteiger partial charge >= 0.3 is 0 Å². The first-order valence-corrected chi connectivity index (χ1v) is 11.0. The number of amides is 1. The zero-order valence-electron chi connectivity index (χ0n) is 15.9. The maximum absolute atomic E-state index is 13.1. The van der Waals surface area contributed by atoms with E-state index in [0.717, 1.165) is 0 Å². The van der Waals surface area contributed by atoms with Crippen molar-refractivity contribution in [1.29, 1.82) is 0 Å². The van der Waals surface area contributed by atoms with Crippen LogP contribution in [0.2, 0.25) is 10.0 Å². The molecule has 3 aromatic carbocycles. The van der Waals surface area contributed by atoms with Gasteiger partial charge in [-0.3, -0.25) is 4.79 Å². The third kappa shape index (κ3) is 5.05. The summed E-state index contributed by atoms with van der Waals surface area (Å²) in [5, 5.41) is 6.29. The standard InChI is InChI=1S/C21H18Cl2N2O4S/c1-29-15-7-9-16(10-8-15)30(27,28)20-5-3-2-4-19(20)24-13-21(26)25-18-11-6-14(22)12-17(18)23/h2-12,24H,13H2,1H3,(H,25,26). The van der Waals surface area contributed by atoms with Gasteiger partial charge in [-0.2, -0.15) is 0 Å². The minimum absolute atomic E-state index is 0.0625. The minimum Gasteiger partial charge on any atom is -0.497 e. The largest absolute Gasteiger partial charge is 0.497 e. The Morgan fingerprint density at radius 2 is 1.67 bits per heavy atom. The number of methoxy groups -OCH3 is 1. The van der Waals surface area contributed by atoms with Crippen molar-refractivity contribution >= 4 is 50.3 Å². The Morgan fingerprint density at radius 1 is 0.967 bits per heavy atom. The molecule has 6 nitrogen and oxygen atoms in total. The highest BCUT2D eigenvalue weighted by molar-refractivity contribution is 7.91. The van der Waals surface area contributed by atoms with Crippen LogP contribution in [0.15, 0.2) is 76.5 Å². The van der Waals surface area contributed by atoms with Crippen LogP contribution in [-0.2, 0) is 14.6 Å². The second kappa shape index (κ2) is 9.38. The second-order valence-electron chi connectivity index (χ2n) is 6.20. The molecule has 0 atom stereocenters. The van der Waals surface area contributed by atoms with Crippen LogP contribution >= 0.6 is 23.2 Å². The van der Waals surface area contributed by atoms with Crippen molar-refractivity contribution in [2.24, 2.45) is 0 Å². The maximum atomic E-state index is 13.1. The van der Waals surface area contributed by atoms with Crippen LogP contribution < -0.4 is 15.4 Å². The first kappa shape index (κ1) is 22.0. The summed E-state index contributed by atoms with van der Waals surface area (Å²) >= 11 is 11.9. The van der Waals surface area contributed by atoms with E-state index in [-0.39, 0.29) is 16.3 Å². The van der Waals surface area contributed by atoms with Gasteiger partial charge in [-0.05, 0) is 54.6 Å². The number of anilines is 2. The molecular formula is C21H18Cl2N2O4S. The molecule has 0 spiro atoms. The normalized spacial score (nSPS) is 11.0. The number of para-hydroxylation sites is 1. The molecule has 0 saturated carbocycles. The molecule has 0 aromatic heterocycles. The average Bonchev–Trinajstić information content (AvgIpc) is 2.74. The zero-order valence-corrected chi connectivity index (χ0v) is 18.2. The number of rotatable bonds is 7. The van der Waals surface area contributed by atoms with Gasteiger partial charge < -0.3 is 15.4 Å². The van der Waals surface area contributed by atoms with E-state index in [1.54, 1.807) is 42.5 Å². The van der Waals surface area contributed by atoms with Crippen molar-refractivity contribution in [2.75, 3.05) is 24.3 Å². The Morgan fingerprint density at radius 3 is 2.33 bits per heavy atom. The van der Waals surface area contributed by atoms with E-state index < -0.39 is 15.7 Å². The van der Waals surface area contributed by atoms with Crippen LogP contribution in [0, 0.1) is 0 Å². The third-order valence-corrected chi connectivity index (χ3v) is 6.57. The molecular weight excluding hydrogens is 447 g/mol. The monoisotopic (exact) mass is 464 g/mol. The summed E-state index contributed by atoms with van der Waals surface area (Å²) in [4.78, 5) is 12.5. The first-order valence-electron chi connectivity index (χ1n) is 8.78.